The van der Waals surface area contributed by atoms with Crippen molar-refractivity contribution < 1.29 is 9.18 Å². The zero-order chi connectivity index (χ0) is 15.4. The number of anilines is 1. The summed E-state index contributed by atoms with van der Waals surface area (Å²) in [5, 5.41) is 0. The first-order valence-corrected chi connectivity index (χ1v) is 6.95. The Morgan fingerprint density at radius 1 is 1.24 bits per heavy atom. The molecule has 1 amide bonds. The van der Waals surface area contributed by atoms with E-state index in [0.29, 0.717) is 17.8 Å². The van der Waals surface area contributed by atoms with Crippen LogP contribution in [0.5, 0.6) is 0 Å². The van der Waals surface area contributed by atoms with Crippen molar-refractivity contribution in [1.82, 2.24) is 4.90 Å². The second-order valence-corrected chi connectivity index (χ2v) is 4.94. The van der Waals surface area contributed by atoms with Crippen LogP contribution in [0, 0.1) is 5.82 Å². The molecule has 1 unspecified atom stereocenters. The number of nitrogens with zero attached hydrogens (tertiary/aromatic N) is 1. The van der Waals surface area contributed by atoms with Gasteiger partial charge in [-0.1, -0.05) is 18.2 Å². The molecule has 0 aromatic heterocycles. The zero-order valence-electron chi connectivity index (χ0n) is 12.2. The Morgan fingerprint density at radius 2 is 1.90 bits per heavy atom. The number of benzene rings is 2. The van der Waals surface area contributed by atoms with Gasteiger partial charge in [-0.05, 0) is 49.7 Å². The van der Waals surface area contributed by atoms with Crippen molar-refractivity contribution in [3.63, 3.8) is 0 Å². The number of rotatable bonds is 4. The van der Waals surface area contributed by atoms with Crippen LogP contribution in [0.15, 0.2) is 48.5 Å². The van der Waals surface area contributed by atoms with Gasteiger partial charge in [-0.3, -0.25) is 4.79 Å². The Hall–Kier alpha value is -2.36. The second-order valence-electron chi connectivity index (χ2n) is 4.94. The minimum absolute atomic E-state index is 0.0818. The molecule has 3 nitrogen and oxygen atoms in total. The highest BCUT2D eigenvalue weighted by Gasteiger charge is 2.21. The molecule has 2 rings (SSSR count). The summed E-state index contributed by atoms with van der Waals surface area (Å²) in [5.74, 6) is -0.363. The van der Waals surface area contributed by atoms with E-state index in [-0.39, 0.29) is 17.8 Å². The molecule has 4 heteroatoms. The van der Waals surface area contributed by atoms with Gasteiger partial charge in [-0.25, -0.2) is 4.39 Å². The lowest BCUT2D eigenvalue weighted by atomic mass is 10.1. The Labute approximate surface area is 124 Å². The molecule has 0 bridgehead atoms. The number of halogens is 1. The van der Waals surface area contributed by atoms with Crippen molar-refractivity contribution >= 4 is 11.6 Å². The van der Waals surface area contributed by atoms with E-state index in [1.807, 2.05) is 13.8 Å². The Morgan fingerprint density at radius 3 is 2.48 bits per heavy atom. The third kappa shape index (κ3) is 3.40. The van der Waals surface area contributed by atoms with E-state index in [9.17, 15) is 9.18 Å². The van der Waals surface area contributed by atoms with Gasteiger partial charge >= 0.3 is 0 Å². The summed E-state index contributed by atoms with van der Waals surface area (Å²) in [7, 11) is 0. The summed E-state index contributed by atoms with van der Waals surface area (Å²) in [6.07, 6.45) is 0. The van der Waals surface area contributed by atoms with Gasteiger partial charge in [0.05, 0.1) is 6.04 Å². The first-order valence-electron chi connectivity index (χ1n) is 6.95. The molecule has 0 fully saturated rings. The molecular formula is C17H19FN2O. The Balaban J connectivity index is 2.26. The topological polar surface area (TPSA) is 46.3 Å². The standard InChI is InChI=1S/C17H19FN2O/c1-3-20(12(2)13-7-9-15(18)10-8-13)17(21)14-5-4-6-16(19)11-14/h4-12H,3,19H2,1-2H3. The van der Waals surface area contributed by atoms with Crippen LogP contribution in [0.3, 0.4) is 0 Å². The molecule has 2 N–H and O–H groups in total. The van der Waals surface area contributed by atoms with Gasteiger partial charge in [0.1, 0.15) is 5.82 Å². The molecule has 0 aliphatic heterocycles. The molecular weight excluding hydrogens is 267 g/mol. The van der Waals surface area contributed by atoms with E-state index >= 15 is 0 Å². The lowest BCUT2D eigenvalue weighted by Crippen LogP contribution is -2.33. The van der Waals surface area contributed by atoms with E-state index in [1.54, 1.807) is 41.3 Å². The summed E-state index contributed by atoms with van der Waals surface area (Å²) < 4.78 is 13.0. The maximum atomic E-state index is 13.0. The Kier molecular flexibility index (Phi) is 4.58. The minimum atomic E-state index is -0.281. The average molecular weight is 286 g/mol. The normalized spacial score (nSPS) is 12.0. The van der Waals surface area contributed by atoms with Crippen LogP contribution in [0.1, 0.15) is 35.8 Å². The fourth-order valence-corrected chi connectivity index (χ4v) is 2.35. The van der Waals surface area contributed by atoms with Crippen molar-refractivity contribution in [2.24, 2.45) is 0 Å². The molecule has 0 radical (unpaired) electrons. The predicted octanol–water partition coefficient (Wildman–Crippen LogP) is 3.63. The smallest absolute Gasteiger partial charge is 0.254 e. The molecule has 0 saturated carbocycles. The first kappa shape index (κ1) is 15.0. The summed E-state index contributed by atoms with van der Waals surface area (Å²) in [6.45, 7) is 4.41. The van der Waals surface area contributed by atoms with Gasteiger partial charge in [0.2, 0.25) is 0 Å². The van der Waals surface area contributed by atoms with Gasteiger partial charge < -0.3 is 10.6 Å². The third-order valence-corrected chi connectivity index (χ3v) is 3.56. The maximum Gasteiger partial charge on any atom is 0.254 e. The molecule has 0 aliphatic carbocycles. The fourth-order valence-electron chi connectivity index (χ4n) is 2.35. The number of nitrogens with two attached hydrogens (primary N) is 1. The van der Waals surface area contributed by atoms with Crippen molar-refractivity contribution in [3.05, 3.63) is 65.5 Å². The number of hydrogen-bond donors (Lipinski definition) is 1. The number of nitrogen functional groups attached to an aromatic ring is 1. The lowest BCUT2D eigenvalue weighted by molar-refractivity contribution is 0.0702. The highest BCUT2D eigenvalue weighted by molar-refractivity contribution is 5.95. The van der Waals surface area contributed by atoms with Crippen LogP contribution in [0.4, 0.5) is 10.1 Å². The van der Waals surface area contributed by atoms with Crippen molar-refractivity contribution in [2.45, 2.75) is 19.9 Å². The van der Waals surface area contributed by atoms with E-state index in [2.05, 4.69) is 0 Å². The van der Waals surface area contributed by atoms with Crippen LogP contribution in [0.2, 0.25) is 0 Å². The van der Waals surface area contributed by atoms with Crippen LogP contribution >= 0.6 is 0 Å². The van der Waals surface area contributed by atoms with Crippen LogP contribution < -0.4 is 5.73 Å². The van der Waals surface area contributed by atoms with E-state index in [4.69, 9.17) is 5.73 Å². The van der Waals surface area contributed by atoms with Gasteiger partial charge in [0, 0.05) is 17.8 Å². The molecule has 21 heavy (non-hydrogen) atoms. The van der Waals surface area contributed by atoms with Crippen molar-refractivity contribution in [1.29, 1.82) is 0 Å². The molecule has 0 aliphatic rings. The highest BCUT2D eigenvalue weighted by Crippen LogP contribution is 2.23. The lowest BCUT2D eigenvalue weighted by Gasteiger charge is -2.28. The molecule has 0 heterocycles. The third-order valence-electron chi connectivity index (χ3n) is 3.56. The highest BCUT2D eigenvalue weighted by atomic mass is 19.1. The maximum absolute atomic E-state index is 13.0. The number of amides is 1. The largest absolute Gasteiger partial charge is 0.399 e. The van der Waals surface area contributed by atoms with Crippen LogP contribution in [0.25, 0.3) is 0 Å². The molecule has 2 aromatic rings. The van der Waals surface area contributed by atoms with Crippen molar-refractivity contribution in [3.8, 4) is 0 Å². The minimum Gasteiger partial charge on any atom is -0.399 e. The van der Waals surface area contributed by atoms with Gasteiger partial charge in [-0.15, -0.1) is 0 Å². The summed E-state index contributed by atoms with van der Waals surface area (Å²) >= 11 is 0. The zero-order valence-corrected chi connectivity index (χ0v) is 12.2. The molecule has 110 valence electrons. The molecule has 2 aromatic carbocycles. The second kappa shape index (κ2) is 6.39. The van der Waals surface area contributed by atoms with E-state index in [1.165, 1.54) is 12.1 Å². The predicted molar refractivity (Wildman–Crippen MR) is 82.4 cm³/mol. The van der Waals surface area contributed by atoms with Gasteiger partial charge in [-0.2, -0.15) is 0 Å². The van der Waals surface area contributed by atoms with Crippen LogP contribution in [-0.2, 0) is 0 Å². The molecule has 0 spiro atoms. The average Bonchev–Trinajstić information content (AvgIpc) is 2.48. The number of carbonyl (C=O) groups is 1. The molecule has 1 atom stereocenters. The summed E-state index contributed by atoms with van der Waals surface area (Å²) in [5.41, 5.74) is 7.75. The first-order chi connectivity index (χ1) is 10.0. The summed E-state index contributed by atoms with van der Waals surface area (Å²) in [4.78, 5) is 14.3. The van der Waals surface area contributed by atoms with Crippen molar-refractivity contribution in [2.75, 3.05) is 12.3 Å². The fraction of sp³-hybridized carbons (Fsp3) is 0.235. The van der Waals surface area contributed by atoms with E-state index < -0.39 is 0 Å². The number of hydrogen-bond acceptors (Lipinski definition) is 2. The van der Waals surface area contributed by atoms with Gasteiger partial charge in [0.25, 0.3) is 5.91 Å². The summed E-state index contributed by atoms with van der Waals surface area (Å²) in [6, 6.07) is 13.0. The monoisotopic (exact) mass is 286 g/mol. The van der Waals surface area contributed by atoms with Gasteiger partial charge in [0.15, 0.2) is 0 Å². The Bertz CT molecular complexity index is 625. The van der Waals surface area contributed by atoms with Crippen LogP contribution in [-0.4, -0.2) is 17.4 Å². The molecule has 0 saturated heterocycles. The SMILES string of the molecule is CCN(C(=O)c1cccc(N)c1)C(C)c1ccc(F)cc1. The number of carbonyl (C=O) groups excluding carboxylic acids is 1. The quantitative estimate of drug-likeness (QED) is 0.872. The van der Waals surface area contributed by atoms with E-state index in [0.717, 1.165) is 5.56 Å².